The Morgan fingerprint density at radius 3 is 2.53 bits per heavy atom. The lowest BCUT2D eigenvalue weighted by Crippen LogP contribution is -2.61. The fourth-order valence-corrected chi connectivity index (χ4v) is 5.62. The number of amides is 3. The van der Waals surface area contributed by atoms with Crippen molar-refractivity contribution in [1.29, 1.82) is 0 Å². The molecule has 0 spiro atoms. The summed E-state index contributed by atoms with van der Waals surface area (Å²) in [7, 11) is 1.62. The molecule has 1 saturated heterocycles. The number of rotatable bonds is 15. The lowest BCUT2D eigenvalue weighted by Gasteiger charge is -2.38. The Hall–Kier alpha value is -3.92. The van der Waals surface area contributed by atoms with Crippen molar-refractivity contribution < 1.29 is 23.9 Å². The molecular formula is C35H41ClN4O5. The van der Waals surface area contributed by atoms with Crippen molar-refractivity contribution in [2.75, 3.05) is 38.3 Å². The van der Waals surface area contributed by atoms with E-state index in [0.29, 0.717) is 62.2 Å². The number of benzene rings is 3. The second-order valence-electron chi connectivity index (χ2n) is 11.4. The Morgan fingerprint density at radius 2 is 1.80 bits per heavy atom. The third-order valence-electron chi connectivity index (χ3n) is 8.05. The van der Waals surface area contributed by atoms with Crippen molar-refractivity contribution in [2.45, 2.75) is 57.3 Å². The Balaban J connectivity index is 1.20. The number of carbonyl (C=O) groups is 3. The van der Waals surface area contributed by atoms with Crippen molar-refractivity contribution in [3.8, 4) is 5.75 Å². The second-order valence-corrected chi connectivity index (χ2v) is 11.8. The highest BCUT2D eigenvalue weighted by atomic mass is 35.5. The Labute approximate surface area is 269 Å². The van der Waals surface area contributed by atoms with E-state index in [1.165, 1.54) is 0 Å². The van der Waals surface area contributed by atoms with E-state index >= 15 is 0 Å². The number of halogens is 1. The predicted octanol–water partition coefficient (Wildman–Crippen LogP) is 4.50. The van der Waals surface area contributed by atoms with Crippen LogP contribution in [0.2, 0.25) is 5.02 Å². The molecule has 3 amide bonds. The summed E-state index contributed by atoms with van der Waals surface area (Å²) in [6, 6.07) is 22.5. The summed E-state index contributed by atoms with van der Waals surface area (Å²) >= 11 is 6.58. The van der Waals surface area contributed by atoms with Gasteiger partial charge in [-0.25, -0.2) is 0 Å². The van der Waals surface area contributed by atoms with Crippen LogP contribution >= 0.6 is 11.6 Å². The standard InChI is InChI=1S/C35H41ClN4O5/c1-37-33(41)17-9-25-8-16-31(36)27(20-25)23-39(28-10-11-28)35(43)32-21-38-22-34(42)40(32)29-12-14-30(15-13-29)45-19-5-18-44-24-26-6-3-2-4-7-26/h2-4,6-8,12-16,20,28,32,38H,5,9-11,17-19,21-24H2,1H3,(H,37,41)/t32-/m1/s1. The molecule has 5 rings (SSSR count). The highest BCUT2D eigenvalue weighted by molar-refractivity contribution is 6.31. The van der Waals surface area contributed by atoms with Gasteiger partial charge in [0.05, 0.1) is 26.4 Å². The molecule has 1 aliphatic heterocycles. The lowest BCUT2D eigenvalue weighted by atomic mass is 10.0. The molecule has 0 unspecified atom stereocenters. The van der Waals surface area contributed by atoms with E-state index in [9.17, 15) is 14.4 Å². The number of anilines is 1. The van der Waals surface area contributed by atoms with Crippen LogP contribution in [0.25, 0.3) is 0 Å². The quantitative estimate of drug-likeness (QED) is 0.239. The number of carbonyl (C=O) groups excluding carboxylic acids is 3. The normalized spacial score (nSPS) is 16.4. The zero-order valence-electron chi connectivity index (χ0n) is 25.7. The molecule has 10 heteroatoms. The van der Waals surface area contributed by atoms with Gasteiger partial charge in [-0.2, -0.15) is 0 Å². The van der Waals surface area contributed by atoms with Crippen LogP contribution in [0.5, 0.6) is 5.75 Å². The number of hydrogen-bond acceptors (Lipinski definition) is 6. The summed E-state index contributed by atoms with van der Waals surface area (Å²) in [6.07, 6.45) is 3.53. The number of nitrogens with zero attached hydrogens (tertiary/aromatic N) is 2. The number of ether oxygens (including phenoxy) is 2. The van der Waals surface area contributed by atoms with Gasteiger partial charge in [0.1, 0.15) is 11.8 Å². The fourth-order valence-electron chi connectivity index (χ4n) is 5.44. The maximum atomic E-state index is 14.1. The van der Waals surface area contributed by atoms with Crippen LogP contribution in [0, 0.1) is 0 Å². The fraction of sp³-hybridized carbons (Fsp3) is 0.400. The Morgan fingerprint density at radius 1 is 1.02 bits per heavy atom. The molecule has 3 aromatic carbocycles. The van der Waals surface area contributed by atoms with E-state index < -0.39 is 6.04 Å². The van der Waals surface area contributed by atoms with Gasteiger partial charge in [0.2, 0.25) is 17.7 Å². The monoisotopic (exact) mass is 632 g/mol. The average Bonchev–Trinajstić information content (AvgIpc) is 3.91. The van der Waals surface area contributed by atoms with Gasteiger partial charge < -0.3 is 25.0 Å². The first kappa shape index (κ1) is 32.5. The molecule has 0 aromatic heterocycles. The summed E-state index contributed by atoms with van der Waals surface area (Å²) in [6.45, 7) is 2.53. The third-order valence-corrected chi connectivity index (χ3v) is 8.42. The van der Waals surface area contributed by atoms with Gasteiger partial charge >= 0.3 is 0 Å². The molecule has 238 valence electrons. The highest BCUT2D eigenvalue weighted by Crippen LogP contribution is 2.33. The van der Waals surface area contributed by atoms with Crippen molar-refractivity contribution in [3.63, 3.8) is 0 Å². The van der Waals surface area contributed by atoms with Crippen LogP contribution in [-0.2, 0) is 38.7 Å². The first-order valence-electron chi connectivity index (χ1n) is 15.6. The van der Waals surface area contributed by atoms with E-state index in [-0.39, 0.29) is 30.3 Å². The molecule has 2 N–H and O–H groups in total. The van der Waals surface area contributed by atoms with E-state index in [2.05, 4.69) is 10.6 Å². The zero-order chi connectivity index (χ0) is 31.6. The van der Waals surface area contributed by atoms with Crippen LogP contribution in [0.15, 0.2) is 72.8 Å². The minimum Gasteiger partial charge on any atom is -0.494 e. The average molecular weight is 633 g/mol. The van der Waals surface area contributed by atoms with E-state index in [1.54, 1.807) is 11.9 Å². The van der Waals surface area contributed by atoms with E-state index in [1.807, 2.05) is 77.7 Å². The summed E-state index contributed by atoms with van der Waals surface area (Å²) in [5.41, 5.74) is 3.61. The smallest absolute Gasteiger partial charge is 0.247 e. The van der Waals surface area contributed by atoms with Crippen molar-refractivity contribution in [1.82, 2.24) is 15.5 Å². The molecule has 1 saturated carbocycles. The number of nitrogens with one attached hydrogen (secondary N) is 2. The van der Waals surface area contributed by atoms with Gasteiger partial charge in [-0.15, -0.1) is 0 Å². The highest BCUT2D eigenvalue weighted by Gasteiger charge is 2.41. The number of aryl methyl sites for hydroxylation is 1. The van der Waals surface area contributed by atoms with Crippen LogP contribution in [0.1, 0.15) is 42.4 Å². The third kappa shape index (κ3) is 9.06. The minimum atomic E-state index is -0.685. The molecule has 2 aliphatic rings. The Bertz CT molecular complexity index is 1450. The lowest BCUT2D eigenvalue weighted by molar-refractivity contribution is -0.136. The first-order chi connectivity index (χ1) is 21.9. The molecule has 1 heterocycles. The Kier molecular flexibility index (Phi) is 11.5. The van der Waals surface area contributed by atoms with Gasteiger partial charge in [-0.05, 0) is 66.3 Å². The molecule has 0 bridgehead atoms. The largest absolute Gasteiger partial charge is 0.494 e. The number of piperazine rings is 1. The van der Waals surface area contributed by atoms with Crippen molar-refractivity contribution in [3.05, 3.63) is 94.5 Å². The second kappa shape index (κ2) is 15.9. The SMILES string of the molecule is CNC(=O)CCc1ccc(Cl)c(CN(C(=O)[C@H]2CNCC(=O)N2c2ccc(OCCCOCc3ccccc3)cc2)C2CC2)c1. The molecule has 45 heavy (non-hydrogen) atoms. The topological polar surface area (TPSA) is 100 Å². The van der Waals surface area contributed by atoms with Gasteiger partial charge in [0.25, 0.3) is 0 Å². The van der Waals surface area contributed by atoms with Crippen LogP contribution in [-0.4, -0.2) is 68.1 Å². The molecule has 2 fully saturated rings. The predicted molar refractivity (Wildman–Crippen MR) is 174 cm³/mol. The first-order valence-corrected chi connectivity index (χ1v) is 16.0. The molecular weight excluding hydrogens is 592 g/mol. The molecule has 0 radical (unpaired) electrons. The minimum absolute atomic E-state index is 0.0282. The summed E-state index contributed by atoms with van der Waals surface area (Å²) in [5, 5.41) is 6.34. The number of hydrogen-bond donors (Lipinski definition) is 2. The summed E-state index contributed by atoms with van der Waals surface area (Å²) in [5.74, 6) is 0.395. The van der Waals surface area contributed by atoms with Gasteiger partial charge in [0, 0.05) is 49.7 Å². The summed E-state index contributed by atoms with van der Waals surface area (Å²) < 4.78 is 11.6. The molecule has 1 atom stereocenters. The maximum Gasteiger partial charge on any atom is 0.247 e. The van der Waals surface area contributed by atoms with E-state index in [0.717, 1.165) is 36.0 Å². The van der Waals surface area contributed by atoms with E-state index in [4.69, 9.17) is 21.1 Å². The van der Waals surface area contributed by atoms with Crippen LogP contribution in [0.3, 0.4) is 0 Å². The van der Waals surface area contributed by atoms with Crippen LogP contribution in [0.4, 0.5) is 5.69 Å². The van der Waals surface area contributed by atoms with Crippen molar-refractivity contribution >= 4 is 35.0 Å². The summed E-state index contributed by atoms with van der Waals surface area (Å²) in [4.78, 5) is 42.5. The van der Waals surface area contributed by atoms with Crippen molar-refractivity contribution in [2.24, 2.45) is 0 Å². The van der Waals surface area contributed by atoms with Gasteiger partial charge in [0.15, 0.2) is 0 Å². The van der Waals surface area contributed by atoms with Gasteiger partial charge in [-0.3, -0.25) is 19.3 Å². The van der Waals surface area contributed by atoms with Gasteiger partial charge in [-0.1, -0.05) is 54.1 Å². The maximum absolute atomic E-state index is 14.1. The molecule has 1 aliphatic carbocycles. The zero-order valence-corrected chi connectivity index (χ0v) is 26.4. The molecule has 3 aromatic rings. The van der Waals surface area contributed by atoms with Crippen LogP contribution < -0.4 is 20.3 Å². The molecule has 9 nitrogen and oxygen atoms in total.